The minimum Gasteiger partial charge on any atom is -0.298 e. The van der Waals surface area contributed by atoms with E-state index in [0.29, 0.717) is 11.8 Å². The van der Waals surface area contributed by atoms with Crippen LogP contribution in [0.15, 0.2) is 60.7 Å². The van der Waals surface area contributed by atoms with Gasteiger partial charge in [0.2, 0.25) is 4.33 Å². The average molecular weight is 435 g/mol. The lowest BCUT2D eigenvalue weighted by Crippen LogP contribution is -2.45. The van der Waals surface area contributed by atoms with Crippen LogP contribution in [0.25, 0.3) is 22.6 Å². The van der Waals surface area contributed by atoms with Crippen LogP contribution in [-0.2, 0) is 11.3 Å². The maximum Gasteiger partial charge on any atom is 0.200 e. The second-order valence-electron chi connectivity index (χ2n) is 8.66. The zero-order valence-corrected chi connectivity index (χ0v) is 17.8. The van der Waals surface area contributed by atoms with E-state index in [1.165, 1.54) is 5.56 Å². The zero-order valence-electron chi connectivity index (χ0n) is 16.3. The largest absolute Gasteiger partial charge is 0.298 e. The predicted molar refractivity (Wildman–Crippen MR) is 120 cm³/mol. The number of fused-ring (bicyclic) bond motifs is 3. The fraction of sp³-hybridized carbons (Fsp3) is 0.280. The minimum absolute atomic E-state index is 0.176. The van der Waals surface area contributed by atoms with Gasteiger partial charge in [-0.1, -0.05) is 71.7 Å². The SMILES string of the molecule is O=C1C(C2C3CN(Cc4ccccc4)CC32)=c2cc3ccccc3nc2=CC1(Cl)Cl. The fourth-order valence-corrected chi connectivity index (χ4v) is 5.75. The quantitative estimate of drug-likeness (QED) is 0.592. The van der Waals surface area contributed by atoms with Crippen LogP contribution >= 0.6 is 23.2 Å². The molecule has 1 saturated carbocycles. The molecule has 1 saturated heterocycles. The van der Waals surface area contributed by atoms with Crippen LogP contribution in [0.1, 0.15) is 5.56 Å². The first-order valence-corrected chi connectivity index (χ1v) is 11.1. The number of para-hydroxylation sites is 1. The predicted octanol–water partition coefficient (Wildman–Crippen LogP) is 3.30. The van der Waals surface area contributed by atoms with Crippen molar-refractivity contribution in [3.05, 3.63) is 76.8 Å². The lowest BCUT2D eigenvalue weighted by Gasteiger charge is -2.24. The molecule has 2 aromatic carbocycles. The summed E-state index contributed by atoms with van der Waals surface area (Å²) in [7, 11) is 0. The van der Waals surface area contributed by atoms with Crippen molar-refractivity contribution in [1.82, 2.24) is 9.88 Å². The maximum atomic E-state index is 13.3. The molecule has 1 aromatic heterocycles. The Morgan fingerprint density at radius 2 is 1.70 bits per heavy atom. The summed E-state index contributed by atoms with van der Waals surface area (Å²) in [6.45, 7) is 2.95. The lowest BCUT2D eigenvalue weighted by molar-refractivity contribution is -0.113. The van der Waals surface area contributed by atoms with Gasteiger partial charge in [0.25, 0.3) is 0 Å². The first-order chi connectivity index (χ1) is 14.5. The zero-order chi connectivity index (χ0) is 20.5. The number of benzene rings is 2. The number of aromatic nitrogens is 1. The van der Waals surface area contributed by atoms with Crippen LogP contribution in [0, 0.1) is 17.8 Å². The molecule has 2 aliphatic carbocycles. The summed E-state index contributed by atoms with van der Waals surface area (Å²) < 4.78 is -1.54. The molecule has 1 aliphatic heterocycles. The van der Waals surface area contributed by atoms with Crippen molar-refractivity contribution in [2.24, 2.45) is 17.8 Å². The highest BCUT2D eigenvalue weighted by molar-refractivity contribution is 6.66. The van der Waals surface area contributed by atoms with Crippen molar-refractivity contribution in [3.63, 3.8) is 0 Å². The van der Waals surface area contributed by atoms with Gasteiger partial charge in [0.1, 0.15) is 0 Å². The molecule has 30 heavy (non-hydrogen) atoms. The van der Waals surface area contributed by atoms with Crippen LogP contribution < -0.4 is 10.6 Å². The number of pyridine rings is 1. The normalized spacial score (nSPS) is 26.9. The smallest absolute Gasteiger partial charge is 0.200 e. The van der Waals surface area contributed by atoms with Gasteiger partial charge in [-0.05, 0) is 41.5 Å². The van der Waals surface area contributed by atoms with E-state index in [1.807, 2.05) is 30.3 Å². The van der Waals surface area contributed by atoms with Crippen LogP contribution in [0.5, 0.6) is 0 Å². The highest BCUT2D eigenvalue weighted by Gasteiger charge is 2.59. The van der Waals surface area contributed by atoms with E-state index >= 15 is 0 Å². The fourth-order valence-electron chi connectivity index (χ4n) is 5.34. The Morgan fingerprint density at radius 1 is 1.00 bits per heavy atom. The van der Waals surface area contributed by atoms with Crippen molar-refractivity contribution in [3.8, 4) is 0 Å². The van der Waals surface area contributed by atoms with Crippen LogP contribution in [0.4, 0.5) is 0 Å². The molecule has 2 atom stereocenters. The van der Waals surface area contributed by atoms with Crippen molar-refractivity contribution in [1.29, 1.82) is 0 Å². The third-order valence-electron chi connectivity index (χ3n) is 6.76. The van der Waals surface area contributed by atoms with Gasteiger partial charge < -0.3 is 0 Å². The Labute approximate surface area is 184 Å². The molecule has 0 spiro atoms. The summed E-state index contributed by atoms with van der Waals surface area (Å²) in [5, 5.41) is 2.66. The molecule has 0 bridgehead atoms. The van der Waals surface area contributed by atoms with Crippen molar-refractivity contribution < 1.29 is 4.79 Å². The summed E-state index contributed by atoms with van der Waals surface area (Å²) in [6.07, 6.45) is 1.60. The number of hydrogen-bond donors (Lipinski definition) is 0. The van der Waals surface area contributed by atoms with E-state index in [9.17, 15) is 4.79 Å². The Hall–Kier alpha value is -2.20. The number of hydrogen-bond acceptors (Lipinski definition) is 3. The monoisotopic (exact) mass is 434 g/mol. The van der Waals surface area contributed by atoms with E-state index in [0.717, 1.165) is 46.7 Å². The van der Waals surface area contributed by atoms with E-state index in [2.05, 4.69) is 35.2 Å². The van der Waals surface area contributed by atoms with Gasteiger partial charge in [0.15, 0.2) is 5.78 Å². The Bertz CT molecular complexity index is 1290. The Kier molecular flexibility index (Phi) is 4.11. The van der Waals surface area contributed by atoms with Crippen molar-refractivity contribution in [2.45, 2.75) is 10.9 Å². The number of halogens is 2. The highest BCUT2D eigenvalue weighted by atomic mass is 35.5. The number of carbonyl (C=O) groups excluding carboxylic acids is 1. The van der Waals surface area contributed by atoms with Gasteiger partial charge in [-0.3, -0.25) is 9.69 Å². The molecule has 2 fully saturated rings. The topological polar surface area (TPSA) is 33.2 Å². The maximum absolute atomic E-state index is 13.3. The molecular weight excluding hydrogens is 415 g/mol. The van der Waals surface area contributed by atoms with E-state index in [1.54, 1.807) is 6.08 Å². The van der Waals surface area contributed by atoms with E-state index < -0.39 is 4.33 Å². The summed E-state index contributed by atoms with van der Waals surface area (Å²) in [5.41, 5.74) is 2.99. The number of rotatable bonds is 3. The Balaban J connectivity index is 1.37. The third-order valence-corrected chi connectivity index (χ3v) is 7.32. The first-order valence-electron chi connectivity index (χ1n) is 10.3. The van der Waals surface area contributed by atoms with Crippen LogP contribution in [0.3, 0.4) is 0 Å². The molecule has 3 aromatic rings. The van der Waals surface area contributed by atoms with Crippen LogP contribution in [0.2, 0.25) is 0 Å². The number of piperidine rings is 1. The van der Waals surface area contributed by atoms with Gasteiger partial charge >= 0.3 is 0 Å². The molecule has 6 rings (SSSR count). The summed E-state index contributed by atoms with van der Waals surface area (Å²) in [4.78, 5) is 20.5. The number of Topliss-reactive ketones (excluding diaryl/α,β-unsaturated/α-hetero) is 1. The molecule has 2 unspecified atom stereocenters. The number of alkyl halides is 2. The van der Waals surface area contributed by atoms with E-state index in [-0.39, 0.29) is 11.7 Å². The molecule has 150 valence electrons. The third kappa shape index (κ3) is 2.91. The molecular formula is C25H20Cl2N2O. The van der Waals surface area contributed by atoms with Crippen molar-refractivity contribution >= 4 is 51.5 Å². The number of ketones is 1. The molecule has 5 heteroatoms. The molecule has 0 amide bonds. The lowest BCUT2D eigenvalue weighted by atomic mass is 9.93. The molecule has 0 radical (unpaired) electrons. The van der Waals surface area contributed by atoms with Gasteiger partial charge in [-0.2, -0.15) is 0 Å². The number of nitrogens with zero attached hydrogens (tertiary/aromatic N) is 2. The standard InChI is InChI=1S/C25H20Cl2N2O/c26-25(27)11-21-17(10-16-8-4-5-9-20(16)28-21)23(24(25)30)22-18-13-29(14-19(18)22)12-15-6-2-1-3-7-15/h1-11,18-19,22H,12-14H2. The van der Waals surface area contributed by atoms with Crippen molar-refractivity contribution in [2.75, 3.05) is 13.1 Å². The number of likely N-dealkylation sites (tertiary alicyclic amines) is 1. The first kappa shape index (κ1) is 18.6. The minimum atomic E-state index is -1.54. The number of carbonyl (C=O) groups is 1. The molecule has 0 N–H and O–H groups in total. The summed E-state index contributed by atoms with van der Waals surface area (Å²) in [6, 6.07) is 20.6. The second-order valence-corrected chi connectivity index (χ2v) is 10.0. The molecule has 2 heterocycles. The highest BCUT2D eigenvalue weighted by Crippen LogP contribution is 2.57. The molecule has 3 nitrogen and oxygen atoms in total. The summed E-state index contributed by atoms with van der Waals surface area (Å²) in [5.74, 6) is 1.00. The molecule has 3 aliphatic rings. The van der Waals surface area contributed by atoms with Crippen LogP contribution in [-0.4, -0.2) is 33.1 Å². The Morgan fingerprint density at radius 3 is 2.47 bits per heavy atom. The average Bonchev–Trinajstić information content (AvgIpc) is 3.21. The van der Waals surface area contributed by atoms with E-state index in [4.69, 9.17) is 28.2 Å². The second kappa shape index (κ2) is 6.65. The van der Waals surface area contributed by atoms with Gasteiger partial charge in [0.05, 0.1) is 10.9 Å². The van der Waals surface area contributed by atoms with Gasteiger partial charge in [-0.25, -0.2) is 4.98 Å². The summed E-state index contributed by atoms with van der Waals surface area (Å²) >= 11 is 12.9. The van der Waals surface area contributed by atoms with Gasteiger partial charge in [-0.15, -0.1) is 0 Å². The van der Waals surface area contributed by atoms with Gasteiger partial charge in [0, 0.05) is 35.8 Å².